The molecule has 0 rings (SSSR count). The molecule has 2 radical (unpaired) electrons. The fourth-order valence-corrected chi connectivity index (χ4v) is 0.850. The highest BCUT2D eigenvalue weighted by molar-refractivity contribution is 6.50. The van der Waals surface area contributed by atoms with E-state index in [1.54, 1.807) is 0 Å². The lowest BCUT2D eigenvalue weighted by Crippen LogP contribution is -1.84. The van der Waals surface area contributed by atoms with Gasteiger partial charge in [0.05, 0.1) is 9.52 Å². The molecule has 0 fully saturated rings. The van der Waals surface area contributed by atoms with E-state index in [2.05, 4.69) is 6.92 Å². The Morgan fingerprint density at radius 3 is 2.40 bits per heavy atom. The molecule has 0 saturated heterocycles. The van der Waals surface area contributed by atoms with Crippen molar-refractivity contribution in [3.63, 3.8) is 0 Å². The molecule has 0 aromatic carbocycles. The summed E-state index contributed by atoms with van der Waals surface area (Å²) in [6.45, 7) is 2.14. The Hall–Kier alpha value is 0.507. The van der Waals surface area contributed by atoms with Crippen LogP contribution < -0.4 is 0 Å². The van der Waals surface area contributed by atoms with Gasteiger partial charge in [-0.1, -0.05) is 13.0 Å². The zero-order valence-corrected chi connectivity index (χ0v) is 5.05. The number of hydrogen-bond donors (Lipinski definition) is 0. The van der Waals surface area contributed by atoms with E-state index < -0.39 is 0 Å². The third-order valence-electron chi connectivity index (χ3n) is 0.344. The van der Waals surface area contributed by atoms with Gasteiger partial charge < -0.3 is 0 Å². The summed E-state index contributed by atoms with van der Waals surface area (Å²) in [5, 5.41) is 0. The van der Waals surface area contributed by atoms with Crippen molar-refractivity contribution in [3.05, 3.63) is 0 Å². The van der Waals surface area contributed by atoms with Crippen LogP contribution in [0.25, 0.3) is 0 Å². The third-order valence-corrected chi connectivity index (χ3v) is 1.60. The molecule has 0 aromatic heterocycles. The fraction of sp³-hybridized carbons (Fsp3) is 1.00. The molecule has 0 unspecified atom stereocenters. The summed E-state index contributed by atoms with van der Waals surface area (Å²) < 4.78 is 0. The van der Waals surface area contributed by atoms with Crippen molar-refractivity contribution in [2.24, 2.45) is 0 Å². The molecular weight excluding hydrogens is 99.6 g/mol. The summed E-state index contributed by atoms with van der Waals surface area (Å²) >= 11 is 5.31. The lowest BCUT2D eigenvalue weighted by Gasteiger charge is -1.74. The Balaban J connectivity index is 2.19. The molecule has 30 valence electrons. The molecule has 5 heavy (non-hydrogen) atoms. The lowest BCUT2D eigenvalue weighted by atomic mass is 11.0. The second kappa shape index (κ2) is 4.51. The van der Waals surface area contributed by atoms with Gasteiger partial charge in [-0.2, -0.15) is 0 Å². The second-order valence-electron chi connectivity index (χ2n) is 0.737. The highest BCUT2D eigenvalue weighted by atomic mass is 35.5. The standard InChI is InChI=1S/C3H7ClSi/c1-2-5-3-4/h2-3H2,1H3. The highest BCUT2D eigenvalue weighted by Gasteiger charge is 1.73. The number of rotatable bonds is 2. The van der Waals surface area contributed by atoms with Crippen LogP contribution in [0.2, 0.25) is 6.04 Å². The molecule has 0 aliphatic carbocycles. The van der Waals surface area contributed by atoms with Crippen molar-refractivity contribution >= 4 is 21.1 Å². The smallest absolute Gasteiger partial charge is 0.0572 e. The zero-order chi connectivity index (χ0) is 4.12. The van der Waals surface area contributed by atoms with Crippen LogP contribution in [0.1, 0.15) is 6.92 Å². The van der Waals surface area contributed by atoms with Crippen molar-refractivity contribution in [3.8, 4) is 0 Å². The molecule has 0 aliphatic rings. The van der Waals surface area contributed by atoms with E-state index in [-0.39, 0.29) is 0 Å². The third kappa shape index (κ3) is 4.51. The van der Waals surface area contributed by atoms with Crippen molar-refractivity contribution < 1.29 is 0 Å². The Morgan fingerprint density at radius 1 is 1.80 bits per heavy atom. The molecule has 0 aliphatic heterocycles. The van der Waals surface area contributed by atoms with Gasteiger partial charge in [0, 0.05) is 5.50 Å². The predicted octanol–water partition coefficient (Wildman–Crippen LogP) is 1.33. The minimum Gasteiger partial charge on any atom is -0.131 e. The van der Waals surface area contributed by atoms with E-state index in [9.17, 15) is 0 Å². The van der Waals surface area contributed by atoms with E-state index in [0.29, 0.717) is 0 Å². The van der Waals surface area contributed by atoms with Crippen molar-refractivity contribution in [2.75, 3.05) is 5.50 Å². The van der Waals surface area contributed by atoms with Gasteiger partial charge in [0.25, 0.3) is 0 Å². The molecule has 0 spiro atoms. The number of alkyl halides is 1. The quantitative estimate of drug-likeness (QED) is 0.368. The Bertz CT molecular complexity index is 14.4. The maximum absolute atomic E-state index is 5.31. The van der Waals surface area contributed by atoms with Crippen molar-refractivity contribution in [1.82, 2.24) is 0 Å². The van der Waals surface area contributed by atoms with Crippen LogP contribution >= 0.6 is 11.6 Å². The molecule has 0 heterocycles. The van der Waals surface area contributed by atoms with Crippen LogP contribution in [0, 0.1) is 0 Å². The van der Waals surface area contributed by atoms with E-state index in [4.69, 9.17) is 11.6 Å². The van der Waals surface area contributed by atoms with E-state index >= 15 is 0 Å². The van der Waals surface area contributed by atoms with Gasteiger partial charge in [0.15, 0.2) is 0 Å². The van der Waals surface area contributed by atoms with Gasteiger partial charge in [-0.05, 0) is 0 Å². The first-order valence-electron chi connectivity index (χ1n) is 1.68. The van der Waals surface area contributed by atoms with Crippen LogP contribution in [0.4, 0.5) is 0 Å². The van der Waals surface area contributed by atoms with Crippen LogP contribution in [0.3, 0.4) is 0 Å². The Kier molecular flexibility index (Phi) is 4.96. The Labute approximate surface area is 40.3 Å². The maximum Gasteiger partial charge on any atom is 0.0572 e. The van der Waals surface area contributed by atoms with Gasteiger partial charge in [0.2, 0.25) is 0 Å². The molecule has 0 bridgehead atoms. The number of hydrogen-bond acceptors (Lipinski definition) is 0. The molecule has 0 atom stereocenters. The summed E-state index contributed by atoms with van der Waals surface area (Å²) in [6, 6.07) is 1.24. The summed E-state index contributed by atoms with van der Waals surface area (Å²) in [4.78, 5) is 0. The monoisotopic (exact) mass is 106 g/mol. The first-order chi connectivity index (χ1) is 2.41. The van der Waals surface area contributed by atoms with Gasteiger partial charge in [-0.3, -0.25) is 0 Å². The SMILES string of the molecule is CC[Si]CCl. The topological polar surface area (TPSA) is 0 Å². The van der Waals surface area contributed by atoms with Gasteiger partial charge in [-0.25, -0.2) is 0 Å². The van der Waals surface area contributed by atoms with Gasteiger partial charge in [-0.15, -0.1) is 11.6 Å². The molecular formula is C3H7ClSi. The van der Waals surface area contributed by atoms with E-state index in [1.165, 1.54) is 6.04 Å². The lowest BCUT2D eigenvalue weighted by molar-refractivity contribution is 1.45. The molecule has 0 N–H and O–H groups in total. The average molecular weight is 107 g/mol. The van der Waals surface area contributed by atoms with Crippen molar-refractivity contribution in [2.45, 2.75) is 13.0 Å². The molecule has 0 nitrogen and oxygen atoms in total. The first-order valence-corrected chi connectivity index (χ1v) is 3.63. The van der Waals surface area contributed by atoms with Crippen LogP contribution in [-0.4, -0.2) is 15.0 Å². The normalized spacial score (nSPS) is 8.40. The molecule has 2 heteroatoms. The predicted molar refractivity (Wildman–Crippen MR) is 27.0 cm³/mol. The minimum absolute atomic E-state index is 0.844. The molecule has 0 aromatic rings. The number of halogens is 1. The molecule has 0 amide bonds. The van der Waals surface area contributed by atoms with Crippen molar-refractivity contribution in [1.29, 1.82) is 0 Å². The largest absolute Gasteiger partial charge is 0.131 e. The summed E-state index contributed by atoms with van der Waals surface area (Å²) in [6.07, 6.45) is 0. The highest BCUT2D eigenvalue weighted by Crippen LogP contribution is 1.74. The summed E-state index contributed by atoms with van der Waals surface area (Å²) in [5.41, 5.74) is 0.844. The van der Waals surface area contributed by atoms with Gasteiger partial charge >= 0.3 is 0 Å². The minimum atomic E-state index is 0.844. The maximum atomic E-state index is 5.31. The molecule has 0 saturated carbocycles. The van der Waals surface area contributed by atoms with Crippen LogP contribution in [0.5, 0.6) is 0 Å². The fourth-order valence-electron chi connectivity index (χ4n) is 0.0945. The van der Waals surface area contributed by atoms with Crippen LogP contribution in [-0.2, 0) is 0 Å². The summed E-state index contributed by atoms with van der Waals surface area (Å²) in [7, 11) is 0.963. The van der Waals surface area contributed by atoms with E-state index in [1.807, 2.05) is 0 Å². The summed E-state index contributed by atoms with van der Waals surface area (Å²) in [5.74, 6) is 0. The average Bonchev–Trinajstić information content (AvgIpc) is 1.41. The van der Waals surface area contributed by atoms with E-state index in [0.717, 1.165) is 15.0 Å². The first kappa shape index (κ1) is 5.51. The van der Waals surface area contributed by atoms with Gasteiger partial charge in [0.1, 0.15) is 0 Å². The zero-order valence-electron chi connectivity index (χ0n) is 3.29. The Morgan fingerprint density at radius 2 is 2.40 bits per heavy atom. The second-order valence-corrected chi connectivity index (χ2v) is 3.01. The van der Waals surface area contributed by atoms with Crippen LogP contribution in [0.15, 0.2) is 0 Å².